The topological polar surface area (TPSA) is 82.8 Å². The molecule has 0 fully saturated rings. The van der Waals surface area contributed by atoms with E-state index in [4.69, 9.17) is 4.42 Å². The van der Waals surface area contributed by atoms with E-state index >= 15 is 0 Å². The number of amides is 1. The number of nitrogens with zero attached hydrogens (tertiary/aromatic N) is 3. The summed E-state index contributed by atoms with van der Waals surface area (Å²) in [5.74, 6) is 1.95. The van der Waals surface area contributed by atoms with Gasteiger partial charge in [-0.05, 0) is 27.2 Å². The van der Waals surface area contributed by atoms with Gasteiger partial charge in [-0.2, -0.15) is 0 Å². The molecule has 0 spiro atoms. The van der Waals surface area contributed by atoms with Gasteiger partial charge in [0.05, 0.1) is 12.2 Å². The number of hydrogen-bond acceptors (Lipinski definition) is 4. The van der Waals surface area contributed by atoms with E-state index in [1.54, 1.807) is 14.1 Å². The maximum atomic E-state index is 11.7. The lowest BCUT2D eigenvalue weighted by Gasteiger charge is -2.16. The zero-order valence-corrected chi connectivity index (χ0v) is 14.4. The van der Waals surface area contributed by atoms with E-state index in [1.165, 1.54) is 4.90 Å². The van der Waals surface area contributed by atoms with Crippen LogP contribution >= 0.6 is 0 Å². The van der Waals surface area contributed by atoms with Gasteiger partial charge in [-0.1, -0.05) is 6.92 Å². The summed E-state index contributed by atoms with van der Waals surface area (Å²) in [7, 11) is 3.43. The highest BCUT2D eigenvalue weighted by Crippen LogP contribution is 2.07. The molecule has 7 nitrogen and oxygen atoms in total. The molecule has 22 heavy (non-hydrogen) atoms. The van der Waals surface area contributed by atoms with Crippen molar-refractivity contribution >= 4 is 11.9 Å². The first-order valence-corrected chi connectivity index (χ1v) is 7.51. The smallest absolute Gasteiger partial charge is 0.243 e. The first-order chi connectivity index (χ1) is 10.3. The van der Waals surface area contributed by atoms with E-state index in [-0.39, 0.29) is 18.5 Å². The van der Waals surface area contributed by atoms with Crippen LogP contribution in [0.25, 0.3) is 0 Å². The van der Waals surface area contributed by atoms with Crippen molar-refractivity contribution < 1.29 is 9.21 Å². The van der Waals surface area contributed by atoms with Gasteiger partial charge in [0, 0.05) is 20.1 Å². The van der Waals surface area contributed by atoms with Crippen LogP contribution in [-0.2, 0) is 11.3 Å². The Hall–Kier alpha value is -2.05. The molecular weight excluding hydrogens is 282 g/mol. The summed E-state index contributed by atoms with van der Waals surface area (Å²) in [4.78, 5) is 21.8. The molecule has 0 aromatic carbocycles. The number of carbonyl (C=O) groups excluding carboxylic acids is 1. The normalized spacial score (nSPS) is 12.9. The fourth-order valence-electron chi connectivity index (χ4n) is 1.55. The van der Waals surface area contributed by atoms with E-state index in [2.05, 4.69) is 34.5 Å². The van der Waals surface area contributed by atoms with Gasteiger partial charge in [0.1, 0.15) is 12.3 Å². The summed E-state index contributed by atoms with van der Waals surface area (Å²) in [5.41, 5.74) is 0.882. The number of rotatable bonds is 6. The molecule has 1 atom stereocenters. The van der Waals surface area contributed by atoms with Crippen LogP contribution in [0.3, 0.4) is 0 Å². The van der Waals surface area contributed by atoms with Crippen molar-refractivity contribution in [1.29, 1.82) is 0 Å². The molecule has 1 rings (SSSR count). The van der Waals surface area contributed by atoms with E-state index in [0.717, 1.165) is 17.9 Å². The van der Waals surface area contributed by atoms with Crippen molar-refractivity contribution in [1.82, 2.24) is 20.5 Å². The van der Waals surface area contributed by atoms with Gasteiger partial charge in [0.25, 0.3) is 0 Å². The first kappa shape index (κ1) is 18.0. The maximum absolute atomic E-state index is 11.7. The molecule has 1 unspecified atom stereocenters. The Bertz CT molecular complexity index is 503. The summed E-state index contributed by atoms with van der Waals surface area (Å²) < 4.78 is 5.53. The van der Waals surface area contributed by atoms with Crippen molar-refractivity contribution in [3.8, 4) is 0 Å². The van der Waals surface area contributed by atoms with Crippen LogP contribution in [0.15, 0.2) is 9.41 Å². The molecule has 0 saturated heterocycles. The zero-order chi connectivity index (χ0) is 16.7. The van der Waals surface area contributed by atoms with Crippen LogP contribution in [0.1, 0.15) is 37.6 Å². The highest BCUT2D eigenvalue weighted by molar-refractivity contribution is 5.84. The van der Waals surface area contributed by atoms with Gasteiger partial charge >= 0.3 is 0 Å². The minimum atomic E-state index is -0.0481. The van der Waals surface area contributed by atoms with Crippen molar-refractivity contribution in [2.75, 3.05) is 20.6 Å². The molecule has 0 saturated carbocycles. The second-order valence-corrected chi connectivity index (χ2v) is 5.51. The second-order valence-electron chi connectivity index (χ2n) is 5.51. The number of aromatic nitrogens is 1. The highest BCUT2D eigenvalue weighted by atomic mass is 16.4. The second kappa shape index (κ2) is 8.41. The van der Waals surface area contributed by atoms with Crippen molar-refractivity contribution in [3.05, 3.63) is 17.3 Å². The Labute approximate surface area is 132 Å². The van der Waals surface area contributed by atoms with Gasteiger partial charge in [-0.3, -0.25) is 4.79 Å². The number of nitrogens with one attached hydrogen (secondary N) is 2. The minimum absolute atomic E-state index is 0.0481. The predicted octanol–water partition coefficient (Wildman–Crippen LogP) is 1.21. The average Bonchev–Trinajstić information content (AvgIpc) is 2.79. The molecule has 7 heteroatoms. The maximum Gasteiger partial charge on any atom is 0.243 e. The Balaban J connectivity index is 2.68. The number of guanidine groups is 1. The number of hydrogen-bond donors (Lipinski definition) is 2. The third-order valence-corrected chi connectivity index (χ3v) is 3.35. The van der Waals surface area contributed by atoms with E-state index < -0.39 is 0 Å². The van der Waals surface area contributed by atoms with E-state index in [1.807, 2.05) is 13.8 Å². The Morgan fingerprint density at radius 3 is 2.59 bits per heavy atom. The van der Waals surface area contributed by atoms with Crippen molar-refractivity contribution in [2.45, 2.75) is 46.7 Å². The summed E-state index contributed by atoms with van der Waals surface area (Å²) in [6, 6.07) is 0.258. The largest absolute Gasteiger partial charge is 0.444 e. The molecule has 0 aliphatic rings. The zero-order valence-electron chi connectivity index (χ0n) is 14.4. The molecule has 1 heterocycles. The number of aryl methyl sites for hydroxylation is 2. The first-order valence-electron chi connectivity index (χ1n) is 7.51. The Morgan fingerprint density at radius 2 is 2.09 bits per heavy atom. The van der Waals surface area contributed by atoms with Crippen LogP contribution < -0.4 is 10.6 Å². The molecular formula is C15H27N5O2. The van der Waals surface area contributed by atoms with Gasteiger partial charge in [-0.25, -0.2) is 9.98 Å². The van der Waals surface area contributed by atoms with Crippen LogP contribution in [-0.4, -0.2) is 48.4 Å². The van der Waals surface area contributed by atoms with Gasteiger partial charge in [-0.15, -0.1) is 0 Å². The van der Waals surface area contributed by atoms with Crippen LogP contribution in [0, 0.1) is 13.8 Å². The predicted molar refractivity (Wildman–Crippen MR) is 86.7 cm³/mol. The molecule has 0 radical (unpaired) electrons. The average molecular weight is 309 g/mol. The lowest BCUT2D eigenvalue weighted by molar-refractivity contribution is -0.127. The van der Waals surface area contributed by atoms with E-state index in [9.17, 15) is 4.79 Å². The van der Waals surface area contributed by atoms with Crippen LogP contribution in [0.5, 0.6) is 0 Å². The van der Waals surface area contributed by atoms with Gasteiger partial charge in [0.15, 0.2) is 5.96 Å². The molecule has 0 aliphatic heterocycles. The third-order valence-electron chi connectivity index (χ3n) is 3.35. The summed E-state index contributed by atoms with van der Waals surface area (Å²) >= 11 is 0. The van der Waals surface area contributed by atoms with E-state index in [0.29, 0.717) is 18.4 Å². The molecule has 1 aromatic rings. The standard InChI is InChI=1S/C15H27N5O2/c1-7-10(2)18-15(17-9-14(21)20(5)6)16-8-13-19-11(3)12(4)22-13/h10H,7-9H2,1-6H3,(H2,16,17,18). The van der Waals surface area contributed by atoms with Gasteiger partial charge in [0.2, 0.25) is 11.8 Å². The molecule has 1 aromatic heterocycles. The molecule has 1 amide bonds. The summed E-state index contributed by atoms with van der Waals surface area (Å²) in [6.07, 6.45) is 0.958. The molecule has 0 bridgehead atoms. The number of likely N-dealkylation sites (N-methyl/N-ethyl adjacent to an activating group) is 1. The third kappa shape index (κ3) is 5.75. The minimum Gasteiger partial charge on any atom is -0.444 e. The number of oxazole rings is 1. The van der Waals surface area contributed by atoms with Crippen molar-refractivity contribution in [2.24, 2.45) is 4.99 Å². The fourth-order valence-corrected chi connectivity index (χ4v) is 1.55. The Kier molecular flexibility index (Phi) is 6.88. The van der Waals surface area contributed by atoms with Crippen LogP contribution in [0.4, 0.5) is 0 Å². The monoisotopic (exact) mass is 309 g/mol. The summed E-state index contributed by atoms with van der Waals surface area (Å²) in [6.45, 7) is 8.46. The lowest BCUT2D eigenvalue weighted by atomic mass is 10.3. The SMILES string of the molecule is CCC(C)NC(=NCC(=O)N(C)C)NCc1nc(C)c(C)o1. The number of aliphatic imine (C=N–C) groups is 1. The molecule has 2 N–H and O–H groups in total. The highest BCUT2D eigenvalue weighted by Gasteiger charge is 2.09. The molecule has 0 aliphatic carbocycles. The Morgan fingerprint density at radius 1 is 1.41 bits per heavy atom. The lowest BCUT2D eigenvalue weighted by Crippen LogP contribution is -2.42. The quantitative estimate of drug-likeness (QED) is 0.610. The number of carbonyl (C=O) groups is 1. The summed E-state index contributed by atoms with van der Waals surface area (Å²) in [5, 5.41) is 6.40. The van der Waals surface area contributed by atoms with Gasteiger partial charge < -0.3 is 20.0 Å². The molecule has 124 valence electrons. The fraction of sp³-hybridized carbons (Fsp3) is 0.667. The van der Waals surface area contributed by atoms with Crippen LogP contribution in [0.2, 0.25) is 0 Å². The van der Waals surface area contributed by atoms with Crippen molar-refractivity contribution in [3.63, 3.8) is 0 Å².